The van der Waals surface area contributed by atoms with Gasteiger partial charge < -0.3 is 4.90 Å². The number of amides is 1. The summed E-state index contributed by atoms with van der Waals surface area (Å²) in [5.74, 6) is -0.179. The molecule has 1 aromatic heterocycles. The van der Waals surface area contributed by atoms with Crippen LogP contribution in [0.4, 0.5) is 5.13 Å². The number of nitrogens with zero attached hydrogens (tertiary/aromatic N) is 3. The van der Waals surface area contributed by atoms with Gasteiger partial charge in [-0.15, -0.1) is 0 Å². The molecule has 1 heterocycles. The summed E-state index contributed by atoms with van der Waals surface area (Å²) in [6.45, 7) is 7.29. The second-order valence-electron chi connectivity index (χ2n) is 6.25. The van der Waals surface area contributed by atoms with Crippen molar-refractivity contribution < 1.29 is 4.79 Å². The molecule has 0 saturated carbocycles. The SMILES string of the molecule is CCN(CC)CCN(C(=O)c1cc(Cl)cc(Cl)c1)c1nc2ccc(Cl)cc2s1. The number of hydrogen-bond donors (Lipinski definition) is 0. The molecular weight excluding hydrogens is 437 g/mol. The van der Waals surface area contributed by atoms with Crippen molar-refractivity contribution in [2.24, 2.45) is 0 Å². The molecule has 1 amide bonds. The highest BCUT2D eigenvalue weighted by Crippen LogP contribution is 2.32. The molecular formula is C20H20Cl3N3OS. The van der Waals surface area contributed by atoms with Crippen molar-refractivity contribution in [1.29, 1.82) is 0 Å². The average Bonchev–Trinajstić information content (AvgIpc) is 3.06. The van der Waals surface area contributed by atoms with Crippen LogP contribution in [0, 0.1) is 0 Å². The van der Waals surface area contributed by atoms with Crippen LogP contribution in [0.5, 0.6) is 0 Å². The van der Waals surface area contributed by atoms with Gasteiger partial charge >= 0.3 is 0 Å². The number of rotatable bonds is 7. The lowest BCUT2D eigenvalue weighted by molar-refractivity contribution is 0.0984. The molecule has 148 valence electrons. The van der Waals surface area contributed by atoms with Crippen molar-refractivity contribution in [2.45, 2.75) is 13.8 Å². The summed E-state index contributed by atoms with van der Waals surface area (Å²) in [5, 5.41) is 2.13. The number of benzene rings is 2. The Bertz CT molecular complexity index is 968. The molecule has 0 unspecified atom stereocenters. The molecule has 8 heteroatoms. The predicted molar refractivity (Wildman–Crippen MR) is 121 cm³/mol. The van der Waals surface area contributed by atoms with Crippen LogP contribution in [-0.2, 0) is 0 Å². The van der Waals surface area contributed by atoms with E-state index < -0.39 is 0 Å². The smallest absolute Gasteiger partial charge is 0.260 e. The van der Waals surface area contributed by atoms with Crippen molar-refractivity contribution in [2.75, 3.05) is 31.1 Å². The zero-order valence-electron chi connectivity index (χ0n) is 15.6. The third-order valence-electron chi connectivity index (χ3n) is 4.46. The normalized spacial score (nSPS) is 11.4. The van der Waals surface area contributed by atoms with Gasteiger partial charge in [0.15, 0.2) is 5.13 Å². The van der Waals surface area contributed by atoms with Gasteiger partial charge in [0, 0.05) is 33.7 Å². The number of carbonyl (C=O) groups is 1. The van der Waals surface area contributed by atoms with E-state index >= 15 is 0 Å². The third-order valence-corrected chi connectivity index (χ3v) is 6.17. The monoisotopic (exact) mass is 455 g/mol. The van der Waals surface area contributed by atoms with E-state index in [1.54, 1.807) is 29.2 Å². The summed E-state index contributed by atoms with van der Waals surface area (Å²) in [6.07, 6.45) is 0. The Morgan fingerprint density at radius 2 is 1.64 bits per heavy atom. The first kappa shape index (κ1) is 21.3. The van der Waals surface area contributed by atoms with Crippen molar-refractivity contribution >= 4 is 67.4 Å². The van der Waals surface area contributed by atoms with Gasteiger partial charge in [-0.25, -0.2) is 4.98 Å². The molecule has 0 aliphatic heterocycles. The molecule has 0 spiro atoms. The summed E-state index contributed by atoms with van der Waals surface area (Å²) in [7, 11) is 0. The van der Waals surface area contributed by atoms with Gasteiger partial charge in [-0.3, -0.25) is 9.69 Å². The number of likely N-dealkylation sites (N-methyl/N-ethyl adjacent to an activating group) is 1. The fourth-order valence-electron chi connectivity index (χ4n) is 2.90. The van der Waals surface area contributed by atoms with Gasteiger partial charge in [0.2, 0.25) is 0 Å². The van der Waals surface area contributed by atoms with Crippen LogP contribution in [0.1, 0.15) is 24.2 Å². The first-order valence-electron chi connectivity index (χ1n) is 8.97. The Hall–Kier alpha value is -1.37. The molecule has 2 aromatic carbocycles. The molecule has 0 aliphatic rings. The Morgan fingerprint density at radius 1 is 0.964 bits per heavy atom. The van der Waals surface area contributed by atoms with Crippen LogP contribution in [0.25, 0.3) is 10.2 Å². The van der Waals surface area contributed by atoms with Gasteiger partial charge in [0.05, 0.1) is 10.2 Å². The molecule has 3 aromatic rings. The number of aromatic nitrogens is 1. The van der Waals surface area contributed by atoms with Crippen LogP contribution in [0.15, 0.2) is 36.4 Å². The molecule has 28 heavy (non-hydrogen) atoms. The molecule has 3 rings (SSSR count). The topological polar surface area (TPSA) is 36.4 Å². The Labute approximate surface area is 183 Å². The highest BCUT2D eigenvalue weighted by Gasteiger charge is 2.22. The van der Waals surface area contributed by atoms with Crippen molar-refractivity contribution in [1.82, 2.24) is 9.88 Å². The minimum Gasteiger partial charge on any atom is -0.302 e. The third kappa shape index (κ3) is 4.97. The number of hydrogen-bond acceptors (Lipinski definition) is 4. The van der Waals surface area contributed by atoms with Crippen molar-refractivity contribution in [3.8, 4) is 0 Å². The average molecular weight is 457 g/mol. The van der Waals surface area contributed by atoms with E-state index in [-0.39, 0.29) is 5.91 Å². The Morgan fingerprint density at radius 3 is 2.29 bits per heavy atom. The molecule has 0 saturated heterocycles. The van der Waals surface area contributed by atoms with Crippen molar-refractivity contribution in [3.05, 3.63) is 57.0 Å². The molecule has 0 N–H and O–H groups in total. The fraction of sp³-hybridized carbons (Fsp3) is 0.300. The van der Waals surface area contributed by atoms with Crippen LogP contribution in [0.3, 0.4) is 0 Å². The van der Waals surface area contributed by atoms with Gasteiger partial charge in [-0.2, -0.15) is 0 Å². The van der Waals surface area contributed by atoms with Gasteiger partial charge in [-0.05, 0) is 49.5 Å². The largest absolute Gasteiger partial charge is 0.302 e. The minimum atomic E-state index is -0.179. The summed E-state index contributed by atoms with van der Waals surface area (Å²) >= 11 is 19.8. The van der Waals surface area contributed by atoms with E-state index in [0.29, 0.717) is 32.3 Å². The second kappa shape index (κ2) is 9.42. The van der Waals surface area contributed by atoms with E-state index in [0.717, 1.165) is 29.9 Å². The molecule has 0 radical (unpaired) electrons. The lowest BCUT2D eigenvalue weighted by atomic mass is 10.2. The van der Waals surface area contributed by atoms with E-state index in [4.69, 9.17) is 34.8 Å². The maximum atomic E-state index is 13.3. The fourth-order valence-corrected chi connectivity index (χ4v) is 4.69. The highest BCUT2D eigenvalue weighted by molar-refractivity contribution is 7.22. The summed E-state index contributed by atoms with van der Waals surface area (Å²) in [4.78, 5) is 21.9. The maximum Gasteiger partial charge on any atom is 0.260 e. The zero-order chi connectivity index (χ0) is 20.3. The first-order valence-corrected chi connectivity index (χ1v) is 10.9. The highest BCUT2D eigenvalue weighted by atomic mass is 35.5. The van der Waals surface area contributed by atoms with Gasteiger partial charge in [0.25, 0.3) is 5.91 Å². The molecule has 0 atom stereocenters. The van der Waals surface area contributed by atoms with Crippen LogP contribution in [-0.4, -0.2) is 42.0 Å². The first-order chi connectivity index (χ1) is 13.4. The van der Waals surface area contributed by atoms with Crippen LogP contribution in [0.2, 0.25) is 15.1 Å². The number of carbonyl (C=O) groups excluding carboxylic acids is 1. The number of fused-ring (bicyclic) bond motifs is 1. The van der Waals surface area contributed by atoms with Gasteiger partial charge in [0.1, 0.15) is 0 Å². The number of halogens is 3. The lowest BCUT2D eigenvalue weighted by Crippen LogP contribution is -2.38. The minimum absolute atomic E-state index is 0.179. The van der Waals surface area contributed by atoms with Crippen LogP contribution < -0.4 is 4.90 Å². The summed E-state index contributed by atoms with van der Waals surface area (Å²) in [5.41, 5.74) is 1.25. The Balaban J connectivity index is 1.98. The molecule has 0 fully saturated rings. The standard InChI is InChI=1S/C20H20Cl3N3OS/c1-3-25(4-2)7-8-26(19(27)13-9-15(22)11-16(23)10-13)20-24-17-6-5-14(21)12-18(17)28-20/h5-6,9-12H,3-4,7-8H2,1-2H3. The molecule has 4 nitrogen and oxygen atoms in total. The van der Waals surface area contributed by atoms with Crippen molar-refractivity contribution in [3.63, 3.8) is 0 Å². The number of anilines is 1. The zero-order valence-corrected chi connectivity index (χ0v) is 18.7. The summed E-state index contributed by atoms with van der Waals surface area (Å²) in [6, 6.07) is 10.4. The van der Waals surface area contributed by atoms with E-state index in [2.05, 4.69) is 23.7 Å². The quantitative estimate of drug-likeness (QED) is 0.422. The molecule has 0 bridgehead atoms. The van der Waals surface area contributed by atoms with Crippen LogP contribution >= 0.6 is 46.1 Å². The van der Waals surface area contributed by atoms with E-state index in [1.807, 2.05) is 12.1 Å². The maximum absolute atomic E-state index is 13.3. The Kier molecular flexibility index (Phi) is 7.18. The summed E-state index contributed by atoms with van der Waals surface area (Å²) < 4.78 is 0.937. The second-order valence-corrected chi connectivity index (χ2v) is 8.57. The van der Waals surface area contributed by atoms with E-state index in [9.17, 15) is 4.79 Å². The number of thiazole rings is 1. The van der Waals surface area contributed by atoms with Gasteiger partial charge in [-0.1, -0.05) is 60.0 Å². The molecule has 0 aliphatic carbocycles. The predicted octanol–water partition coefficient (Wildman–Crippen LogP) is 6.25. The lowest BCUT2D eigenvalue weighted by Gasteiger charge is -2.24. The van der Waals surface area contributed by atoms with E-state index in [1.165, 1.54) is 11.3 Å².